The van der Waals surface area contributed by atoms with Gasteiger partial charge in [-0.25, -0.2) is 4.98 Å². The van der Waals surface area contributed by atoms with E-state index in [9.17, 15) is 9.18 Å². The first kappa shape index (κ1) is 16.8. The topological polar surface area (TPSA) is 68.2 Å². The molecule has 1 fully saturated rings. The molecule has 1 saturated heterocycles. The Hall–Kier alpha value is -2.09. The molecule has 3 rings (SSSR count). The average molecular weight is 395 g/mol. The van der Waals surface area contributed by atoms with Crippen LogP contribution in [-0.4, -0.2) is 45.0 Å². The smallest absolute Gasteiger partial charge is 0.255 e. The molecule has 0 saturated carbocycles. The lowest BCUT2D eigenvalue weighted by Gasteiger charge is -2.17. The summed E-state index contributed by atoms with van der Waals surface area (Å²) in [5.41, 5.74) is 0.831. The van der Waals surface area contributed by atoms with Gasteiger partial charge in [0.15, 0.2) is 0 Å². The number of ether oxygens (including phenoxy) is 1. The number of nitrogens with zero attached hydrogens (tertiary/aromatic N) is 4. The van der Waals surface area contributed by atoms with Gasteiger partial charge < -0.3 is 9.64 Å². The van der Waals surface area contributed by atoms with Crippen LogP contribution in [0.5, 0.6) is 5.88 Å². The van der Waals surface area contributed by atoms with Crippen molar-refractivity contribution in [1.82, 2.24) is 19.9 Å². The van der Waals surface area contributed by atoms with Crippen LogP contribution in [0.15, 0.2) is 29.3 Å². The van der Waals surface area contributed by atoms with Crippen LogP contribution in [0.4, 0.5) is 4.39 Å². The van der Waals surface area contributed by atoms with E-state index >= 15 is 0 Å². The molecule has 0 spiro atoms. The summed E-state index contributed by atoms with van der Waals surface area (Å²) in [7, 11) is 0. The summed E-state index contributed by atoms with van der Waals surface area (Å²) >= 11 is 3.30. The van der Waals surface area contributed by atoms with Crippen LogP contribution in [0.25, 0.3) is 0 Å². The third-order valence-electron chi connectivity index (χ3n) is 3.83. The van der Waals surface area contributed by atoms with Gasteiger partial charge in [-0.3, -0.25) is 9.78 Å². The van der Waals surface area contributed by atoms with Gasteiger partial charge in [-0.15, -0.1) is 0 Å². The van der Waals surface area contributed by atoms with Gasteiger partial charge in [0.05, 0.1) is 17.8 Å². The van der Waals surface area contributed by atoms with Crippen molar-refractivity contribution >= 4 is 21.8 Å². The van der Waals surface area contributed by atoms with Crippen molar-refractivity contribution in [2.24, 2.45) is 0 Å². The number of likely N-dealkylation sites (tertiary alicyclic amines) is 1. The molecule has 1 aliphatic rings. The first-order valence-electron chi connectivity index (χ1n) is 7.64. The summed E-state index contributed by atoms with van der Waals surface area (Å²) in [6.07, 6.45) is 5.24. The minimum atomic E-state index is -0.527. The molecule has 0 aliphatic carbocycles. The van der Waals surface area contributed by atoms with E-state index in [1.54, 1.807) is 17.2 Å². The first-order chi connectivity index (χ1) is 11.6. The van der Waals surface area contributed by atoms with Crippen molar-refractivity contribution in [2.75, 3.05) is 13.1 Å². The molecule has 1 amide bonds. The number of hydrogen-bond donors (Lipinski definition) is 0. The maximum Gasteiger partial charge on any atom is 0.255 e. The zero-order chi connectivity index (χ0) is 17.1. The number of amides is 1. The Kier molecular flexibility index (Phi) is 5.03. The minimum Gasteiger partial charge on any atom is -0.470 e. The minimum absolute atomic E-state index is 0.0507. The Bertz CT molecular complexity index is 759. The lowest BCUT2D eigenvalue weighted by molar-refractivity contribution is 0.0769. The highest BCUT2D eigenvalue weighted by molar-refractivity contribution is 9.10. The summed E-state index contributed by atoms with van der Waals surface area (Å²) in [4.78, 5) is 25.9. The van der Waals surface area contributed by atoms with E-state index in [-0.39, 0.29) is 17.9 Å². The van der Waals surface area contributed by atoms with Gasteiger partial charge in [-0.2, -0.15) is 9.37 Å². The van der Waals surface area contributed by atoms with Gasteiger partial charge in [0.2, 0.25) is 5.82 Å². The zero-order valence-electron chi connectivity index (χ0n) is 13.1. The monoisotopic (exact) mass is 394 g/mol. The Morgan fingerprint density at radius 3 is 3.04 bits per heavy atom. The Morgan fingerprint density at radius 2 is 2.29 bits per heavy atom. The predicted molar refractivity (Wildman–Crippen MR) is 88.2 cm³/mol. The number of hydrogen-bond acceptors (Lipinski definition) is 5. The lowest BCUT2D eigenvalue weighted by atomic mass is 10.2. The molecule has 0 unspecified atom stereocenters. The molecule has 0 aromatic carbocycles. The third-order valence-corrected chi connectivity index (χ3v) is 4.26. The van der Waals surface area contributed by atoms with Gasteiger partial charge in [-0.1, -0.05) is 6.92 Å². The molecule has 1 aliphatic heterocycles. The normalized spacial score (nSPS) is 17.1. The highest BCUT2D eigenvalue weighted by atomic mass is 79.9. The number of carbonyl (C=O) groups is 1. The standard InChI is InChI=1S/C16H16BrFN4O2/c1-2-13-14(18)15(21-9-20-13)24-12-3-4-22(8-12)16(23)10-5-11(17)7-19-6-10/h5-7,9,12H,2-4,8H2,1H3/t12-/m1/s1. The summed E-state index contributed by atoms with van der Waals surface area (Å²) in [6, 6.07) is 1.72. The van der Waals surface area contributed by atoms with Crippen LogP contribution in [0.2, 0.25) is 0 Å². The molecule has 3 heterocycles. The quantitative estimate of drug-likeness (QED) is 0.796. The van der Waals surface area contributed by atoms with Crippen molar-refractivity contribution in [2.45, 2.75) is 25.9 Å². The van der Waals surface area contributed by atoms with Gasteiger partial charge in [-0.05, 0) is 28.4 Å². The van der Waals surface area contributed by atoms with Crippen molar-refractivity contribution in [3.63, 3.8) is 0 Å². The van der Waals surface area contributed by atoms with E-state index in [4.69, 9.17) is 4.74 Å². The largest absolute Gasteiger partial charge is 0.470 e. The Labute approximate surface area is 147 Å². The summed E-state index contributed by atoms with van der Waals surface area (Å²) in [5.74, 6) is -0.696. The van der Waals surface area contributed by atoms with Crippen LogP contribution in [0.3, 0.4) is 0 Å². The molecular formula is C16H16BrFN4O2. The van der Waals surface area contributed by atoms with Gasteiger partial charge in [0.25, 0.3) is 11.8 Å². The molecular weight excluding hydrogens is 379 g/mol. The fourth-order valence-corrected chi connectivity index (χ4v) is 2.96. The average Bonchev–Trinajstić information content (AvgIpc) is 3.04. The fraction of sp³-hybridized carbons (Fsp3) is 0.375. The maximum absolute atomic E-state index is 14.1. The van der Waals surface area contributed by atoms with Crippen LogP contribution >= 0.6 is 15.9 Å². The number of aryl methyl sites for hydroxylation is 1. The summed E-state index contributed by atoms with van der Waals surface area (Å²) in [6.45, 7) is 2.75. The molecule has 6 nitrogen and oxygen atoms in total. The van der Waals surface area contributed by atoms with Gasteiger partial charge in [0.1, 0.15) is 12.4 Å². The first-order valence-corrected chi connectivity index (χ1v) is 8.43. The second-order valence-corrected chi connectivity index (χ2v) is 6.38. The molecule has 0 radical (unpaired) electrons. The molecule has 2 aromatic rings. The van der Waals surface area contributed by atoms with Crippen molar-refractivity contribution in [3.8, 4) is 5.88 Å². The van der Waals surface area contributed by atoms with Crippen molar-refractivity contribution in [3.05, 3.63) is 46.3 Å². The fourth-order valence-electron chi connectivity index (χ4n) is 2.59. The number of carbonyl (C=O) groups excluding carboxylic acids is 1. The second-order valence-electron chi connectivity index (χ2n) is 5.46. The van der Waals surface area contributed by atoms with Crippen molar-refractivity contribution in [1.29, 1.82) is 0 Å². The molecule has 24 heavy (non-hydrogen) atoms. The summed E-state index contributed by atoms with van der Waals surface area (Å²) in [5, 5.41) is 0. The maximum atomic E-state index is 14.1. The van der Waals surface area contributed by atoms with Crippen LogP contribution in [-0.2, 0) is 6.42 Å². The van der Waals surface area contributed by atoms with E-state index < -0.39 is 5.82 Å². The number of aromatic nitrogens is 3. The van der Waals surface area contributed by atoms with E-state index in [0.29, 0.717) is 37.2 Å². The second kappa shape index (κ2) is 7.21. The Balaban J connectivity index is 1.67. The van der Waals surface area contributed by atoms with Crippen LogP contribution in [0.1, 0.15) is 29.4 Å². The highest BCUT2D eigenvalue weighted by Crippen LogP contribution is 2.22. The van der Waals surface area contributed by atoms with E-state index in [0.717, 1.165) is 4.47 Å². The predicted octanol–water partition coefficient (Wildman–Crippen LogP) is 2.63. The molecule has 0 bridgehead atoms. The van der Waals surface area contributed by atoms with Crippen LogP contribution < -0.4 is 4.74 Å². The Morgan fingerprint density at radius 1 is 1.46 bits per heavy atom. The van der Waals surface area contributed by atoms with Gasteiger partial charge in [0, 0.05) is 29.8 Å². The highest BCUT2D eigenvalue weighted by Gasteiger charge is 2.29. The lowest BCUT2D eigenvalue weighted by Crippen LogP contribution is -2.31. The van der Waals surface area contributed by atoms with E-state index in [1.807, 2.05) is 6.92 Å². The molecule has 1 atom stereocenters. The molecule has 8 heteroatoms. The SMILES string of the molecule is CCc1ncnc(O[C@@H]2CCN(C(=O)c3cncc(Br)c3)C2)c1F. The summed E-state index contributed by atoms with van der Waals surface area (Å²) < 4.78 is 20.5. The van der Waals surface area contributed by atoms with Crippen LogP contribution in [0, 0.1) is 5.82 Å². The number of halogens is 2. The molecule has 126 valence electrons. The molecule has 2 aromatic heterocycles. The molecule has 0 N–H and O–H groups in total. The van der Waals surface area contributed by atoms with Gasteiger partial charge >= 0.3 is 0 Å². The van der Waals surface area contributed by atoms with Crippen molar-refractivity contribution < 1.29 is 13.9 Å². The number of pyridine rings is 1. The van der Waals surface area contributed by atoms with E-state index in [2.05, 4.69) is 30.9 Å². The zero-order valence-corrected chi connectivity index (χ0v) is 14.7. The third kappa shape index (κ3) is 3.53. The number of rotatable bonds is 4. The van der Waals surface area contributed by atoms with E-state index in [1.165, 1.54) is 12.5 Å².